The molecule has 0 aliphatic rings. The standard InChI is InChI=1S/C15H12BrN3O4/c16-12-6-4-11(5-7-12)9-17-23-10-15(20)18-13-2-1-3-14(8-13)19(21)22/h1-9H,10H2,(H,18,20)/b17-9-. The number of non-ortho nitro benzene ring substituents is 1. The fourth-order valence-electron chi connectivity index (χ4n) is 1.64. The number of nitro benzene ring substituents is 1. The molecular weight excluding hydrogens is 366 g/mol. The lowest BCUT2D eigenvalue weighted by Crippen LogP contribution is -2.17. The van der Waals surface area contributed by atoms with Crippen LogP contribution in [-0.4, -0.2) is 23.7 Å². The first kappa shape index (κ1) is 16.6. The van der Waals surface area contributed by atoms with E-state index in [0.29, 0.717) is 5.69 Å². The summed E-state index contributed by atoms with van der Waals surface area (Å²) >= 11 is 3.32. The minimum atomic E-state index is -0.533. The number of halogens is 1. The zero-order chi connectivity index (χ0) is 16.7. The normalized spacial score (nSPS) is 10.5. The van der Waals surface area contributed by atoms with E-state index in [1.165, 1.54) is 24.4 Å². The van der Waals surface area contributed by atoms with Crippen molar-refractivity contribution < 1.29 is 14.6 Å². The second-order valence-electron chi connectivity index (χ2n) is 4.42. The van der Waals surface area contributed by atoms with Gasteiger partial charge >= 0.3 is 0 Å². The molecule has 0 unspecified atom stereocenters. The summed E-state index contributed by atoms with van der Waals surface area (Å²) in [5.41, 5.74) is 1.05. The summed E-state index contributed by atoms with van der Waals surface area (Å²) in [6.45, 7) is -0.296. The van der Waals surface area contributed by atoms with Crippen molar-refractivity contribution in [2.24, 2.45) is 5.16 Å². The predicted molar refractivity (Wildman–Crippen MR) is 89.4 cm³/mol. The molecule has 2 aromatic carbocycles. The van der Waals surface area contributed by atoms with Gasteiger partial charge in [0.25, 0.3) is 11.6 Å². The van der Waals surface area contributed by atoms with Gasteiger partial charge < -0.3 is 10.2 Å². The molecule has 0 aliphatic heterocycles. The van der Waals surface area contributed by atoms with E-state index in [0.717, 1.165) is 10.0 Å². The van der Waals surface area contributed by atoms with E-state index in [-0.39, 0.29) is 12.3 Å². The summed E-state index contributed by atoms with van der Waals surface area (Å²) in [5.74, 6) is -0.460. The molecule has 2 rings (SSSR count). The molecule has 0 saturated heterocycles. The number of anilines is 1. The number of nitrogens with zero attached hydrogens (tertiary/aromatic N) is 2. The Bertz CT molecular complexity index is 732. The van der Waals surface area contributed by atoms with E-state index in [1.807, 2.05) is 24.3 Å². The number of carbonyl (C=O) groups excluding carboxylic acids is 1. The lowest BCUT2D eigenvalue weighted by Gasteiger charge is -2.03. The maximum atomic E-state index is 11.7. The van der Waals surface area contributed by atoms with E-state index in [9.17, 15) is 14.9 Å². The first-order chi connectivity index (χ1) is 11.0. The Hall–Kier alpha value is -2.74. The predicted octanol–water partition coefficient (Wildman–Crippen LogP) is 3.35. The van der Waals surface area contributed by atoms with Crippen LogP contribution >= 0.6 is 15.9 Å². The Labute approximate surface area is 140 Å². The average molecular weight is 378 g/mol. The van der Waals surface area contributed by atoms with E-state index in [2.05, 4.69) is 26.4 Å². The van der Waals surface area contributed by atoms with Crippen LogP contribution in [0, 0.1) is 10.1 Å². The van der Waals surface area contributed by atoms with E-state index >= 15 is 0 Å². The van der Waals surface area contributed by atoms with E-state index < -0.39 is 10.8 Å². The molecule has 0 heterocycles. The lowest BCUT2D eigenvalue weighted by atomic mass is 10.2. The Kier molecular flexibility index (Phi) is 5.81. The van der Waals surface area contributed by atoms with Crippen LogP contribution in [0.3, 0.4) is 0 Å². The molecule has 23 heavy (non-hydrogen) atoms. The van der Waals surface area contributed by atoms with Crippen LogP contribution in [0.2, 0.25) is 0 Å². The van der Waals surface area contributed by atoms with Crippen molar-refractivity contribution in [3.8, 4) is 0 Å². The number of hydrogen-bond acceptors (Lipinski definition) is 5. The second kappa shape index (κ2) is 8.04. The van der Waals surface area contributed by atoms with Crippen molar-refractivity contribution in [1.82, 2.24) is 0 Å². The van der Waals surface area contributed by atoms with Gasteiger partial charge in [0.1, 0.15) is 0 Å². The maximum Gasteiger partial charge on any atom is 0.271 e. The molecule has 0 fully saturated rings. The van der Waals surface area contributed by atoms with Gasteiger partial charge in [0.2, 0.25) is 0 Å². The largest absolute Gasteiger partial charge is 0.386 e. The molecule has 0 saturated carbocycles. The highest BCUT2D eigenvalue weighted by Crippen LogP contribution is 2.16. The molecule has 0 spiro atoms. The molecular formula is C15H12BrN3O4. The maximum absolute atomic E-state index is 11.7. The third-order valence-electron chi connectivity index (χ3n) is 2.68. The Morgan fingerprint density at radius 3 is 2.74 bits per heavy atom. The summed E-state index contributed by atoms with van der Waals surface area (Å²) in [4.78, 5) is 26.7. The minimum Gasteiger partial charge on any atom is -0.386 e. The molecule has 118 valence electrons. The number of rotatable bonds is 6. The van der Waals surface area contributed by atoms with Crippen LogP contribution in [0.1, 0.15) is 5.56 Å². The van der Waals surface area contributed by atoms with Gasteiger partial charge in [-0.2, -0.15) is 0 Å². The molecule has 0 aromatic heterocycles. The van der Waals surface area contributed by atoms with Crippen LogP contribution < -0.4 is 5.32 Å². The van der Waals surface area contributed by atoms with Crippen LogP contribution in [0.5, 0.6) is 0 Å². The molecule has 2 aromatic rings. The summed E-state index contributed by atoms with van der Waals surface area (Å²) in [5, 5.41) is 16.8. The zero-order valence-corrected chi connectivity index (χ0v) is 13.4. The third-order valence-corrected chi connectivity index (χ3v) is 3.21. The number of carbonyl (C=O) groups is 1. The van der Waals surface area contributed by atoms with Crippen molar-refractivity contribution in [3.63, 3.8) is 0 Å². The highest BCUT2D eigenvalue weighted by atomic mass is 79.9. The van der Waals surface area contributed by atoms with Crippen LogP contribution in [0.25, 0.3) is 0 Å². The van der Waals surface area contributed by atoms with Crippen molar-refractivity contribution in [3.05, 3.63) is 68.7 Å². The molecule has 1 N–H and O–H groups in total. The summed E-state index contributed by atoms with van der Waals surface area (Å²) in [6.07, 6.45) is 1.48. The van der Waals surface area contributed by atoms with Gasteiger partial charge in [-0.15, -0.1) is 0 Å². The zero-order valence-electron chi connectivity index (χ0n) is 11.8. The van der Waals surface area contributed by atoms with Crippen molar-refractivity contribution in [1.29, 1.82) is 0 Å². The Morgan fingerprint density at radius 1 is 1.30 bits per heavy atom. The molecule has 0 aliphatic carbocycles. The summed E-state index contributed by atoms with van der Waals surface area (Å²) < 4.78 is 0.951. The highest BCUT2D eigenvalue weighted by Gasteiger charge is 2.08. The number of nitro groups is 1. The molecule has 7 nitrogen and oxygen atoms in total. The van der Waals surface area contributed by atoms with Gasteiger partial charge in [-0.1, -0.05) is 39.3 Å². The van der Waals surface area contributed by atoms with Crippen LogP contribution in [0.4, 0.5) is 11.4 Å². The van der Waals surface area contributed by atoms with E-state index in [4.69, 9.17) is 4.84 Å². The SMILES string of the molecule is O=C(CO/N=C\c1ccc(Br)cc1)Nc1cccc([N+](=O)[O-])c1. The highest BCUT2D eigenvalue weighted by molar-refractivity contribution is 9.10. The van der Waals surface area contributed by atoms with Gasteiger partial charge in [-0.05, 0) is 23.8 Å². The minimum absolute atomic E-state index is 0.100. The topological polar surface area (TPSA) is 93.8 Å². The van der Waals surface area contributed by atoms with Crippen molar-refractivity contribution >= 4 is 39.4 Å². The van der Waals surface area contributed by atoms with Gasteiger partial charge in [0.05, 0.1) is 11.1 Å². The van der Waals surface area contributed by atoms with E-state index in [1.54, 1.807) is 6.07 Å². The Balaban J connectivity index is 1.82. The number of benzene rings is 2. The number of hydrogen-bond donors (Lipinski definition) is 1. The molecule has 0 bridgehead atoms. The first-order valence-electron chi connectivity index (χ1n) is 6.50. The van der Waals surface area contributed by atoms with Gasteiger partial charge in [-0.3, -0.25) is 14.9 Å². The summed E-state index contributed by atoms with van der Waals surface area (Å²) in [6, 6.07) is 13.0. The van der Waals surface area contributed by atoms with Gasteiger partial charge in [0.15, 0.2) is 6.61 Å². The molecule has 8 heteroatoms. The number of amides is 1. The number of oxime groups is 1. The van der Waals surface area contributed by atoms with Gasteiger partial charge in [0, 0.05) is 22.3 Å². The van der Waals surface area contributed by atoms with Crippen molar-refractivity contribution in [2.75, 3.05) is 11.9 Å². The van der Waals surface area contributed by atoms with Crippen LogP contribution in [0.15, 0.2) is 58.2 Å². The first-order valence-corrected chi connectivity index (χ1v) is 7.29. The average Bonchev–Trinajstić information content (AvgIpc) is 2.53. The fourth-order valence-corrected chi connectivity index (χ4v) is 1.90. The molecule has 0 radical (unpaired) electrons. The summed E-state index contributed by atoms with van der Waals surface area (Å²) in [7, 11) is 0. The van der Waals surface area contributed by atoms with Gasteiger partial charge in [-0.25, -0.2) is 0 Å². The third kappa shape index (κ3) is 5.51. The smallest absolute Gasteiger partial charge is 0.271 e. The monoisotopic (exact) mass is 377 g/mol. The van der Waals surface area contributed by atoms with Crippen LogP contribution in [-0.2, 0) is 9.63 Å². The molecule has 0 atom stereocenters. The fraction of sp³-hybridized carbons (Fsp3) is 0.0667. The second-order valence-corrected chi connectivity index (χ2v) is 5.33. The van der Waals surface area contributed by atoms with Crippen molar-refractivity contribution in [2.45, 2.75) is 0 Å². The quantitative estimate of drug-likeness (QED) is 0.474. The lowest BCUT2D eigenvalue weighted by molar-refractivity contribution is -0.384. The Morgan fingerprint density at radius 2 is 2.04 bits per heavy atom. The molecule has 1 amide bonds. The number of nitrogens with one attached hydrogen (secondary N) is 1.